The van der Waals surface area contributed by atoms with Gasteiger partial charge in [-0.15, -0.1) is 0 Å². The molecule has 0 amide bonds. The molecule has 1 aromatic heterocycles. The fraction of sp³-hybridized carbons (Fsp3) is 0.583. The number of halogens is 2. The third kappa shape index (κ3) is 3.23. The van der Waals surface area contributed by atoms with Crippen molar-refractivity contribution >= 4 is 34.8 Å². The molecule has 1 fully saturated rings. The van der Waals surface area contributed by atoms with E-state index in [1.54, 1.807) is 6.07 Å². The Hall–Kier alpha value is -0.750. The predicted octanol–water partition coefficient (Wildman–Crippen LogP) is 1.47. The molecule has 0 aliphatic carbocycles. The van der Waals surface area contributed by atoms with E-state index >= 15 is 0 Å². The summed E-state index contributed by atoms with van der Waals surface area (Å²) in [6, 6.07) is 1.76. The SMILES string of the molecule is CN(C)CC1CC(O)CN1c1nc(N)c(Cl)cc1Cl. The minimum atomic E-state index is -0.375. The van der Waals surface area contributed by atoms with Gasteiger partial charge < -0.3 is 20.6 Å². The molecule has 1 aliphatic rings. The van der Waals surface area contributed by atoms with Gasteiger partial charge >= 0.3 is 0 Å². The molecule has 7 heteroatoms. The van der Waals surface area contributed by atoms with E-state index in [1.807, 2.05) is 19.0 Å². The zero-order valence-electron chi connectivity index (χ0n) is 11.0. The smallest absolute Gasteiger partial charge is 0.150 e. The molecule has 2 heterocycles. The van der Waals surface area contributed by atoms with E-state index in [0.29, 0.717) is 28.8 Å². The molecule has 0 radical (unpaired) electrons. The number of nitrogen functional groups attached to an aromatic ring is 1. The first-order valence-electron chi connectivity index (χ1n) is 6.09. The number of aromatic nitrogens is 1. The third-order valence-electron chi connectivity index (χ3n) is 3.18. The van der Waals surface area contributed by atoms with Crippen LogP contribution in [0.4, 0.5) is 11.6 Å². The Labute approximate surface area is 122 Å². The Balaban J connectivity index is 2.31. The molecule has 1 aromatic rings. The highest BCUT2D eigenvalue weighted by atomic mass is 35.5. The summed E-state index contributed by atoms with van der Waals surface area (Å²) < 4.78 is 0. The van der Waals surface area contributed by atoms with Crippen LogP contribution < -0.4 is 10.6 Å². The average Bonchev–Trinajstić information content (AvgIpc) is 2.63. The van der Waals surface area contributed by atoms with E-state index in [2.05, 4.69) is 9.88 Å². The van der Waals surface area contributed by atoms with Crippen LogP contribution in [-0.4, -0.2) is 54.3 Å². The first kappa shape index (κ1) is 14.7. The van der Waals surface area contributed by atoms with Crippen molar-refractivity contribution in [3.05, 3.63) is 16.1 Å². The summed E-state index contributed by atoms with van der Waals surface area (Å²) in [5.74, 6) is 0.845. The maximum atomic E-state index is 9.87. The van der Waals surface area contributed by atoms with Crippen LogP contribution in [0.25, 0.3) is 0 Å². The summed E-state index contributed by atoms with van der Waals surface area (Å²) in [5.41, 5.74) is 5.74. The second-order valence-electron chi connectivity index (χ2n) is 5.12. The van der Waals surface area contributed by atoms with Gasteiger partial charge in [-0.25, -0.2) is 4.98 Å². The lowest BCUT2D eigenvalue weighted by molar-refractivity contribution is 0.191. The normalized spacial score (nSPS) is 23.4. The molecule has 2 unspecified atom stereocenters. The molecular weight excluding hydrogens is 287 g/mol. The molecule has 5 nitrogen and oxygen atoms in total. The summed E-state index contributed by atoms with van der Waals surface area (Å²) in [7, 11) is 3.99. The highest BCUT2D eigenvalue weighted by molar-refractivity contribution is 6.37. The van der Waals surface area contributed by atoms with E-state index in [0.717, 1.165) is 6.54 Å². The van der Waals surface area contributed by atoms with Gasteiger partial charge in [-0.05, 0) is 26.6 Å². The van der Waals surface area contributed by atoms with E-state index in [1.165, 1.54) is 0 Å². The quantitative estimate of drug-likeness (QED) is 0.885. The van der Waals surface area contributed by atoms with Gasteiger partial charge in [0.15, 0.2) is 0 Å². The average molecular weight is 305 g/mol. The summed E-state index contributed by atoms with van der Waals surface area (Å²) in [4.78, 5) is 8.33. The molecule has 1 aliphatic heterocycles. The maximum absolute atomic E-state index is 9.87. The zero-order valence-corrected chi connectivity index (χ0v) is 12.5. The van der Waals surface area contributed by atoms with Gasteiger partial charge in [0.05, 0.1) is 16.1 Å². The minimum absolute atomic E-state index is 0.163. The van der Waals surface area contributed by atoms with Crippen molar-refractivity contribution in [2.75, 3.05) is 37.8 Å². The molecule has 106 valence electrons. The van der Waals surface area contributed by atoms with Gasteiger partial charge in [0.1, 0.15) is 11.6 Å². The Morgan fingerprint density at radius 1 is 1.47 bits per heavy atom. The van der Waals surface area contributed by atoms with Crippen LogP contribution in [0.2, 0.25) is 10.0 Å². The van der Waals surface area contributed by atoms with Gasteiger partial charge in [0.25, 0.3) is 0 Å². The third-order valence-corrected chi connectivity index (χ3v) is 3.76. The predicted molar refractivity (Wildman–Crippen MR) is 79.0 cm³/mol. The van der Waals surface area contributed by atoms with Crippen molar-refractivity contribution in [2.24, 2.45) is 0 Å². The molecule has 0 saturated carbocycles. The summed E-state index contributed by atoms with van der Waals surface area (Å²) >= 11 is 12.1. The Kier molecular flexibility index (Phi) is 4.40. The first-order chi connectivity index (χ1) is 8.88. The second-order valence-corrected chi connectivity index (χ2v) is 5.93. The molecule has 19 heavy (non-hydrogen) atoms. The topological polar surface area (TPSA) is 65.6 Å². The number of likely N-dealkylation sites (N-methyl/N-ethyl adjacent to an activating group) is 1. The van der Waals surface area contributed by atoms with Gasteiger partial charge in [-0.2, -0.15) is 0 Å². The first-order valence-corrected chi connectivity index (χ1v) is 6.85. The van der Waals surface area contributed by atoms with Crippen LogP contribution >= 0.6 is 23.2 Å². The molecule has 2 atom stereocenters. The number of rotatable bonds is 3. The van der Waals surface area contributed by atoms with Gasteiger partial charge in [0, 0.05) is 19.1 Å². The lowest BCUT2D eigenvalue weighted by Crippen LogP contribution is -2.38. The zero-order chi connectivity index (χ0) is 14.2. The number of hydrogen-bond donors (Lipinski definition) is 2. The Morgan fingerprint density at radius 3 is 2.79 bits per heavy atom. The summed E-state index contributed by atoms with van der Waals surface area (Å²) in [6.07, 6.45) is 0.318. The molecular formula is C12H18Cl2N4O. The minimum Gasteiger partial charge on any atom is -0.391 e. The maximum Gasteiger partial charge on any atom is 0.150 e. The van der Waals surface area contributed by atoms with E-state index < -0.39 is 0 Å². The van der Waals surface area contributed by atoms with Crippen LogP contribution in [0.15, 0.2) is 6.07 Å². The number of anilines is 2. The highest BCUT2D eigenvalue weighted by Gasteiger charge is 2.33. The van der Waals surface area contributed by atoms with Crippen LogP contribution in [0, 0.1) is 0 Å². The number of hydrogen-bond acceptors (Lipinski definition) is 5. The number of aliphatic hydroxyl groups is 1. The number of nitrogens with zero attached hydrogens (tertiary/aromatic N) is 3. The van der Waals surface area contributed by atoms with Gasteiger partial charge in [0.2, 0.25) is 0 Å². The Bertz CT molecular complexity index is 469. The number of β-amino-alcohol motifs (C(OH)–C–C–N with tert-alkyl or cyclic N) is 1. The number of pyridine rings is 1. The number of aliphatic hydroxyl groups excluding tert-OH is 1. The monoisotopic (exact) mass is 304 g/mol. The molecule has 0 spiro atoms. The van der Waals surface area contributed by atoms with Crippen molar-refractivity contribution < 1.29 is 5.11 Å². The molecule has 0 bridgehead atoms. The molecule has 3 N–H and O–H groups in total. The highest BCUT2D eigenvalue weighted by Crippen LogP contribution is 2.34. The second kappa shape index (κ2) is 5.71. The van der Waals surface area contributed by atoms with Crippen molar-refractivity contribution in [2.45, 2.75) is 18.6 Å². The number of nitrogens with two attached hydrogens (primary N) is 1. The van der Waals surface area contributed by atoms with Gasteiger partial charge in [-0.1, -0.05) is 23.2 Å². The van der Waals surface area contributed by atoms with Crippen LogP contribution in [0.1, 0.15) is 6.42 Å². The van der Waals surface area contributed by atoms with E-state index in [-0.39, 0.29) is 18.0 Å². The molecule has 2 rings (SSSR count). The standard InChI is InChI=1S/C12H18Cl2N4O/c1-17(2)5-7-3-8(19)6-18(7)12-10(14)4-9(13)11(15)16-12/h4,7-8,19H,3,5-6H2,1-2H3,(H2,15,16). The van der Waals surface area contributed by atoms with E-state index in [4.69, 9.17) is 28.9 Å². The van der Waals surface area contributed by atoms with Crippen molar-refractivity contribution in [3.8, 4) is 0 Å². The summed E-state index contributed by atoms with van der Waals surface area (Å²) in [6.45, 7) is 1.32. The fourth-order valence-electron chi connectivity index (χ4n) is 2.42. The summed E-state index contributed by atoms with van der Waals surface area (Å²) in [5, 5.41) is 10.7. The van der Waals surface area contributed by atoms with Crippen LogP contribution in [0.5, 0.6) is 0 Å². The van der Waals surface area contributed by atoms with Crippen molar-refractivity contribution in [3.63, 3.8) is 0 Å². The van der Waals surface area contributed by atoms with E-state index in [9.17, 15) is 5.11 Å². The lowest BCUT2D eigenvalue weighted by atomic mass is 10.2. The van der Waals surface area contributed by atoms with Crippen LogP contribution in [0.3, 0.4) is 0 Å². The van der Waals surface area contributed by atoms with Crippen LogP contribution in [-0.2, 0) is 0 Å². The van der Waals surface area contributed by atoms with Crippen molar-refractivity contribution in [1.29, 1.82) is 0 Å². The Morgan fingerprint density at radius 2 is 2.16 bits per heavy atom. The molecule has 0 aromatic carbocycles. The molecule has 1 saturated heterocycles. The van der Waals surface area contributed by atoms with Crippen molar-refractivity contribution in [1.82, 2.24) is 9.88 Å². The fourth-order valence-corrected chi connectivity index (χ4v) is 2.89. The van der Waals surface area contributed by atoms with Gasteiger partial charge in [-0.3, -0.25) is 0 Å². The largest absolute Gasteiger partial charge is 0.391 e. The lowest BCUT2D eigenvalue weighted by Gasteiger charge is -2.28.